The lowest BCUT2D eigenvalue weighted by Gasteiger charge is -2.29. The van der Waals surface area contributed by atoms with Crippen LogP contribution in [0.1, 0.15) is 73.9 Å². The summed E-state index contributed by atoms with van der Waals surface area (Å²) in [6, 6.07) is 9.42. The van der Waals surface area contributed by atoms with Crippen molar-refractivity contribution in [2.24, 2.45) is 5.41 Å². The Bertz CT molecular complexity index is 1540. The summed E-state index contributed by atoms with van der Waals surface area (Å²) in [4.78, 5) is 30.1. The van der Waals surface area contributed by atoms with Crippen LogP contribution in [0.2, 0.25) is 0 Å². The third kappa shape index (κ3) is 6.41. The van der Waals surface area contributed by atoms with Crippen LogP contribution in [0.15, 0.2) is 34.7 Å². The molecule has 41 heavy (non-hydrogen) atoms. The zero-order valence-electron chi connectivity index (χ0n) is 24.5. The predicted molar refractivity (Wildman–Crippen MR) is 157 cm³/mol. The molecule has 222 valence electrons. The molecule has 0 radical (unpaired) electrons. The fraction of sp³-hybridized carbons (Fsp3) is 0.500. The van der Waals surface area contributed by atoms with Crippen LogP contribution in [-0.2, 0) is 19.6 Å². The number of pyridine rings is 1. The molecule has 1 saturated carbocycles. The highest BCUT2D eigenvalue weighted by molar-refractivity contribution is 7.92. The van der Waals surface area contributed by atoms with Crippen molar-refractivity contribution in [1.82, 2.24) is 10.3 Å². The first-order chi connectivity index (χ1) is 19.3. The van der Waals surface area contributed by atoms with Gasteiger partial charge in [0.15, 0.2) is 0 Å². The highest BCUT2D eigenvalue weighted by atomic mass is 32.2. The van der Waals surface area contributed by atoms with E-state index < -0.39 is 27.5 Å². The van der Waals surface area contributed by atoms with Crippen LogP contribution in [0.4, 0.5) is 5.82 Å². The van der Waals surface area contributed by atoms with E-state index in [-0.39, 0.29) is 49.3 Å². The van der Waals surface area contributed by atoms with E-state index in [1.807, 2.05) is 37.3 Å². The summed E-state index contributed by atoms with van der Waals surface area (Å²) in [7, 11) is -2.23. The first-order valence-corrected chi connectivity index (χ1v) is 15.7. The Labute approximate surface area is 241 Å². The van der Waals surface area contributed by atoms with Crippen molar-refractivity contribution in [1.29, 1.82) is 0 Å². The van der Waals surface area contributed by atoms with Gasteiger partial charge in [0.2, 0.25) is 15.7 Å². The third-order valence-corrected chi connectivity index (χ3v) is 8.74. The number of carbonyl (C=O) groups excluding carboxylic acids is 2. The summed E-state index contributed by atoms with van der Waals surface area (Å²) >= 11 is 0. The lowest BCUT2D eigenvalue weighted by Crippen LogP contribution is -2.39. The van der Waals surface area contributed by atoms with E-state index in [0.717, 1.165) is 30.2 Å². The lowest BCUT2D eigenvalue weighted by atomic mass is 9.84. The average Bonchev–Trinajstić information content (AvgIpc) is 3.70. The van der Waals surface area contributed by atoms with Gasteiger partial charge in [-0.15, -0.1) is 0 Å². The quantitative estimate of drug-likeness (QED) is 0.296. The van der Waals surface area contributed by atoms with Crippen LogP contribution < -0.4 is 9.62 Å². The molecule has 1 aliphatic carbocycles. The largest absolute Gasteiger partial charge is 0.466 e. The Morgan fingerprint density at radius 3 is 2.46 bits per heavy atom. The van der Waals surface area contributed by atoms with Crippen LogP contribution in [0.25, 0.3) is 22.4 Å². The third-order valence-electron chi connectivity index (χ3n) is 7.59. The zero-order valence-corrected chi connectivity index (χ0v) is 25.3. The van der Waals surface area contributed by atoms with E-state index >= 15 is 0 Å². The minimum atomic E-state index is -3.78. The molecule has 4 rings (SSSR count). The fourth-order valence-corrected chi connectivity index (χ4v) is 5.77. The van der Waals surface area contributed by atoms with Crippen molar-refractivity contribution < 1.29 is 32.3 Å². The van der Waals surface area contributed by atoms with Crippen molar-refractivity contribution in [3.05, 3.63) is 47.0 Å². The minimum absolute atomic E-state index is 0.0425. The number of fused-ring (bicyclic) bond motifs is 1. The maximum Gasteiger partial charge on any atom is 0.314 e. The second-order valence-corrected chi connectivity index (χ2v) is 13.1. The maximum absolute atomic E-state index is 13.1. The SMILES string of the molecule is CCOC(=O)C(C)(C)C(O)CCCN(c1nc2oc(-c3ccc(C)cc3)c(C(=O)NC)c2cc1C1CC1)S(C)(=O)=O. The summed E-state index contributed by atoms with van der Waals surface area (Å²) in [5.41, 5.74) is 1.87. The molecule has 11 heteroatoms. The number of hydrogen-bond donors (Lipinski definition) is 2. The molecule has 1 fully saturated rings. The molecule has 1 unspecified atom stereocenters. The fourth-order valence-electron chi connectivity index (χ4n) is 4.85. The van der Waals surface area contributed by atoms with Gasteiger partial charge in [-0.25, -0.2) is 8.42 Å². The molecule has 2 aromatic heterocycles. The number of rotatable bonds is 12. The number of hydrogen-bond acceptors (Lipinski definition) is 8. The number of nitrogens with one attached hydrogen (secondary N) is 1. The molecule has 2 heterocycles. The summed E-state index contributed by atoms with van der Waals surface area (Å²) < 4.78 is 38.6. The van der Waals surface area contributed by atoms with Crippen LogP contribution in [0.5, 0.6) is 0 Å². The van der Waals surface area contributed by atoms with Gasteiger partial charge in [0, 0.05) is 19.2 Å². The van der Waals surface area contributed by atoms with Gasteiger partial charge in [-0.1, -0.05) is 29.8 Å². The Hall–Kier alpha value is -3.44. The molecular weight excluding hydrogens is 546 g/mol. The van der Waals surface area contributed by atoms with Crippen molar-refractivity contribution in [3.63, 3.8) is 0 Å². The van der Waals surface area contributed by atoms with E-state index in [4.69, 9.17) is 14.1 Å². The topological polar surface area (TPSA) is 139 Å². The van der Waals surface area contributed by atoms with Gasteiger partial charge in [0.05, 0.1) is 35.3 Å². The Morgan fingerprint density at radius 2 is 1.90 bits per heavy atom. The highest BCUT2D eigenvalue weighted by Gasteiger charge is 2.38. The number of nitrogens with zero attached hydrogens (tertiary/aromatic N) is 2. The van der Waals surface area contributed by atoms with Crippen LogP contribution >= 0.6 is 0 Å². The van der Waals surface area contributed by atoms with E-state index in [1.165, 1.54) is 4.31 Å². The second kappa shape index (κ2) is 11.8. The summed E-state index contributed by atoms with van der Waals surface area (Å²) in [5.74, 6) is -0.108. The molecule has 10 nitrogen and oxygen atoms in total. The smallest absolute Gasteiger partial charge is 0.314 e. The number of ether oxygens (including phenoxy) is 1. The van der Waals surface area contributed by atoms with Gasteiger partial charge < -0.3 is 19.6 Å². The minimum Gasteiger partial charge on any atom is -0.466 e. The highest BCUT2D eigenvalue weighted by Crippen LogP contribution is 2.47. The van der Waals surface area contributed by atoms with Gasteiger partial charge in [0.1, 0.15) is 11.6 Å². The first-order valence-electron chi connectivity index (χ1n) is 13.9. The van der Waals surface area contributed by atoms with Gasteiger partial charge in [-0.05, 0) is 70.9 Å². The number of sulfonamides is 1. The number of amides is 1. The number of anilines is 1. The van der Waals surface area contributed by atoms with E-state index in [1.54, 1.807) is 27.8 Å². The molecule has 0 saturated heterocycles. The number of esters is 1. The van der Waals surface area contributed by atoms with Crippen molar-refractivity contribution in [3.8, 4) is 11.3 Å². The molecule has 2 N–H and O–H groups in total. The van der Waals surface area contributed by atoms with Gasteiger partial charge in [0.25, 0.3) is 5.91 Å². The van der Waals surface area contributed by atoms with Crippen molar-refractivity contribution >= 4 is 38.8 Å². The van der Waals surface area contributed by atoms with Gasteiger partial charge in [-0.3, -0.25) is 13.9 Å². The normalized spacial score (nSPS) is 14.6. The predicted octanol–water partition coefficient (Wildman–Crippen LogP) is 4.54. The van der Waals surface area contributed by atoms with E-state index in [9.17, 15) is 23.1 Å². The monoisotopic (exact) mass is 585 g/mol. The molecule has 3 aromatic rings. The molecule has 0 spiro atoms. The summed E-state index contributed by atoms with van der Waals surface area (Å²) in [5, 5.41) is 14.0. The lowest BCUT2D eigenvalue weighted by molar-refractivity contribution is -0.160. The number of aromatic nitrogens is 1. The number of furan rings is 1. The first kappa shape index (κ1) is 30.5. The standard InChI is InChI=1S/C30H39N3O7S/c1-7-39-29(36)30(3,4)23(34)9-8-16-33(41(6,37)38)26-21(19-14-15-19)17-22-24(27(35)31-5)25(40-28(22)32-26)20-12-10-18(2)11-13-20/h10-13,17,19,23,34H,7-9,14-16H2,1-6H3,(H,31,35). The number of aliphatic hydroxyl groups is 1. The Balaban J connectivity index is 1.74. The molecule has 1 aromatic carbocycles. The van der Waals surface area contributed by atoms with Crippen LogP contribution in [0.3, 0.4) is 0 Å². The van der Waals surface area contributed by atoms with Crippen molar-refractivity contribution in [2.45, 2.75) is 65.4 Å². The van der Waals surface area contributed by atoms with Crippen LogP contribution in [-0.4, -0.2) is 62.9 Å². The Morgan fingerprint density at radius 1 is 1.24 bits per heavy atom. The van der Waals surface area contributed by atoms with Crippen LogP contribution in [0, 0.1) is 12.3 Å². The van der Waals surface area contributed by atoms with Gasteiger partial charge >= 0.3 is 5.97 Å². The van der Waals surface area contributed by atoms with E-state index in [2.05, 4.69) is 5.32 Å². The molecule has 0 bridgehead atoms. The van der Waals surface area contributed by atoms with Crippen molar-refractivity contribution in [2.75, 3.05) is 30.8 Å². The molecule has 1 aliphatic rings. The second-order valence-electron chi connectivity index (χ2n) is 11.2. The molecule has 1 atom stereocenters. The summed E-state index contributed by atoms with van der Waals surface area (Å²) in [6.07, 6.45) is 2.29. The zero-order chi connectivity index (χ0) is 30.1. The Kier molecular flexibility index (Phi) is 8.79. The van der Waals surface area contributed by atoms with E-state index in [0.29, 0.717) is 22.3 Å². The number of aryl methyl sites for hydroxylation is 1. The summed E-state index contributed by atoms with van der Waals surface area (Å²) in [6.45, 7) is 7.13. The molecule has 1 amide bonds. The molecular formula is C30H39N3O7S. The maximum atomic E-state index is 13.1. The van der Waals surface area contributed by atoms with Gasteiger partial charge in [-0.2, -0.15) is 4.98 Å². The number of aliphatic hydroxyl groups excluding tert-OH is 1. The molecule has 0 aliphatic heterocycles. The number of carbonyl (C=O) groups is 2. The average molecular weight is 586 g/mol. The number of benzene rings is 1.